The number of aryl methyl sites for hydroxylation is 2. The van der Waals surface area contributed by atoms with Gasteiger partial charge >= 0.3 is 0 Å². The molecule has 0 saturated heterocycles. The van der Waals surface area contributed by atoms with E-state index in [0.717, 1.165) is 37.3 Å². The fraction of sp³-hybridized carbons (Fsp3) is 0.321. The lowest BCUT2D eigenvalue weighted by Gasteiger charge is -2.18. The summed E-state index contributed by atoms with van der Waals surface area (Å²) < 4.78 is 58.4. The molecule has 2 atom stereocenters. The van der Waals surface area contributed by atoms with Gasteiger partial charge in [-0.15, -0.1) is 0 Å². The normalized spacial score (nSPS) is 18.9. The highest BCUT2D eigenvalue weighted by molar-refractivity contribution is 7.90. The van der Waals surface area contributed by atoms with Crippen LogP contribution in [0.1, 0.15) is 59.7 Å². The molecule has 3 heterocycles. The van der Waals surface area contributed by atoms with Gasteiger partial charge < -0.3 is 0 Å². The average Bonchev–Trinajstić information content (AvgIpc) is 3.82. The van der Waals surface area contributed by atoms with Gasteiger partial charge in [-0.3, -0.25) is 19.0 Å². The molecule has 0 spiro atoms. The predicted octanol–water partition coefficient (Wildman–Crippen LogP) is 5.65. The van der Waals surface area contributed by atoms with Crippen LogP contribution in [0.2, 0.25) is 5.02 Å². The molecule has 6 rings (SSSR count). The zero-order valence-corrected chi connectivity index (χ0v) is 23.0. The standard InChI is InChI=1S/C28H25ClF2N4O3S/c1-14-13-32-26(17-5-4-6-22(24(17)30)39(3,37)38)25(31)27(14)35-15(2)11-20(23(29)28(35)36)18-12-19(18)21-9-10-34(33-21)16-7-8-16/h4-6,9-11,13,16,18-19H,7-8,12H2,1-3H3/t18-,19?/m1/s1. The van der Waals surface area contributed by atoms with Crippen LogP contribution in [0.3, 0.4) is 0 Å². The van der Waals surface area contributed by atoms with Gasteiger partial charge in [0.2, 0.25) is 0 Å². The minimum Gasteiger partial charge on any atom is -0.277 e. The largest absolute Gasteiger partial charge is 0.277 e. The van der Waals surface area contributed by atoms with Gasteiger partial charge in [0.15, 0.2) is 21.5 Å². The van der Waals surface area contributed by atoms with Crippen LogP contribution >= 0.6 is 11.6 Å². The van der Waals surface area contributed by atoms with E-state index < -0.39 is 37.6 Å². The van der Waals surface area contributed by atoms with E-state index in [1.54, 1.807) is 19.9 Å². The average molecular weight is 571 g/mol. The third-order valence-electron chi connectivity index (χ3n) is 7.50. The Morgan fingerprint density at radius 3 is 2.51 bits per heavy atom. The van der Waals surface area contributed by atoms with Crippen molar-refractivity contribution in [1.29, 1.82) is 0 Å². The summed E-state index contributed by atoms with van der Waals surface area (Å²) in [6, 6.07) is 7.96. The summed E-state index contributed by atoms with van der Waals surface area (Å²) in [5, 5.41) is 4.70. The Kier molecular flexibility index (Phi) is 6.03. The highest BCUT2D eigenvalue weighted by Crippen LogP contribution is 2.55. The summed E-state index contributed by atoms with van der Waals surface area (Å²) in [7, 11) is -3.90. The molecule has 11 heteroatoms. The van der Waals surface area contributed by atoms with Crippen LogP contribution in [0.25, 0.3) is 16.9 Å². The highest BCUT2D eigenvalue weighted by atomic mass is 35.5. The molecule has 3 aromatic heterocycles. The van der Waals surface area contributed by atoms with Gasteiger partial charge in [0, 0.05) is 35.8 Å². The number of nitrogens with zero attached hydrogens (tertiary/aromatic N) is 4. The SMILES string of the molecule is Cc1cnc(-c2cccc(S(C)(=O)=O)c2F)c(F)c1-n1c(C)cc([C@@H]2CC2c2ccn(C3CC3)n2)c(Cl)c1=O. The summed E-state index contributed by atoms with van der Waals surface area (Å²) in [6.07, 6.45) is 7.28. The van der Waals surface area contributed by atoms with Gasteiger partial charge in [-0.1, -0.05) is 17.7 Å². The van der Waals surface area contributed by atoms with Crippen molar-refractivity contribution in [2.45, 2.75) is 55.9 Å². The molecule has 1 unspecified atom stereocenters. The first-order valence-corrected chi connectivity index (χ1v) is 14.9. The van der Waals surface area contributed by atoms with Gasteiger partial charge in [-0.25, -0.2) is 17.2 Å². The van der Waals surface area contributed by atoms with Gasteiger partial charge in [0.05, 0.1) is 17.4 Å². The molecule has 2 aliphatic rings. The maximum Gasteiger partial charge on any atom is 0.274 e. The first-order valence-electron chi connectivity index (χ1n) is 12.6. The minimum absolute atomic E-state index is 0.00265. The maximum absolute atomic E-state index is 16.0. The van der Waals surface area contributed by atoms with Crippen molar-refractivity contribution in [2.75, 3.05) is 6.26 Å². The molecule has 0 aliphatic heterocycles. The van der Waals surface area contributed by atoms with Crippen LogP contribution in [-0.2, 0) is 9.84 Å². The van der Waals surface area contributed by atoms with Crippen LogP contribution in [0.4, 0.5) is 8.78 Å². The molecule has 39 heavy (non-hydrogen) atoms. The molecule has 7 nitrogen and oxygen atoms in total. The zero-order chi connectivity index (χ0) is 27.8. The Balaban J connectivity index is 1.41. The van der Waals surface area contributed by atoms with Crippen LogP contribution in [-0.4, -0.2) is 34.0 Å². The Hall–Kier alpha value is -3.37. The number of pyridine rings is 2. The topological polar surface area (TPSA) is 86.8 Å². The number of benzene rings is 1. The van der Waals surface area contributed by atoms with Gasteiger partial charge in [-0.05, 0) is 74.4 Å². The lowest BCUT2D eigenvalue weighted by atomic mass is 10.1. The van der Waals surface area contributed by atoms with E-state index in [4.69, 9.17) is 16.7 Å². The molecule has 0 bridgehead atoms. The van der Waals surface area contributed by atoms with E-state index in [0.29, 0.717) is 22.9 Å². The maximum atomic E-state index is 16.0. The van der Waals surface area contributed by atoms with E-state index in [9.17, 15) is 13.2 Å². The molecule has 2 aliphatic carbocycles. The van der Waals surface area contributed by atoms with Crippen molar-refractivity contribution in [1.82, 2.24) is 19.3 Å². The number of hydrogen-bond acceptors (Lipinski definition) is 5. The number of rotatable bonds is 6. The first kappa shape index (κ1) is 25.9. The summed E-state index contributed by atoms with van der Waals surface area (Å²) >= 11 is 6.61. The Morgan fingerprint density at radius 1 is 1.08 bits per heavy atom. The van der Waals surface area contributed by atoms with E-state index in [2.05, 4.69) is 4.98 Å². The highest BCUT2D eigenvalue weighted by Gasteiger charge is 2.43. The number of sulfone groups is 1. The first-order chi connectivity index (χ1) is 18.5. The van der Waals surface area contributed by atoms with Crippen LogP contribution in [0, 0.1) is 25.5 Å². The number of aromatic nitrogens is 4. The fourth-order valence-electron chi connectivity index (χ4n) is 5.25. The van der Waals surface area contributed by atoms with Crippen molar-refractivity contribution in [3.8, 4) is 16.9 Å². The summed E-state index contributed by atoms with van der Waals surface area (Å²) in [6.45, 7) is 3.27. The molecule has 2 saturated carbocycles. The second-order valence-corrected chi connectivity index (χ2v) is 12.8. The van der Waals surface area contributed by atoms with Crippen molar-refractivity contribution < 1.29 is 17.2 Å². The quantitative estimate of drug-likeness (QED) is 0.299. The third kappa shape index (κ3) is 4.39. The number of halogens is 3. The summed E-state index contributed by atoms with van der Waals surface area (Å²) in [5.74, 6) is -1.87. The Labute approximate surface area is 229 Å². The molecule has 4 aromatic rings. The Bertz CT molecular complexity index is 1830. The van der Waals surface area contributed by atoms with Crippen molar-refractivity contribution >= 4 is 21.4 Å². The van der Waals surface area contributed by atoms with E-state index in [-0.39, 0.29) is 28.1 Å². The second kappa shape index (κ2) is 9.09. The second-order valence-electron chi connectivity index (χ2n) is 10.4. The monoisotopic (exact) mass is 570 g/mol. The Morgan fingerprint density at radius 2 is 1.82 bits per heavy atom. The molecule has 0 amide bonds. The number of hydrogen-bond donors (Lipinski definition) is 0. The van der Waals surface area contributed by atoms with Crippen LogP contribution in [0.15, 0.2) is 52.4 Å². The van der Waals surface area contributed by atoms with Crippen LogP contribution in [0.5, 0.6) is 0 Å². The lowest BCUT2D eigenvalue weighted by Crippen LogP contribution is -2.24. The molecule has 2 fully saturated rings. The van der Waals surface area contributed by atoms with Gasteiger partial charge in [-0.2, -0.15) is 5.10 Å². The molecule has 202 valence electrons. The molecule has 0 N–H and O–H groups in total. The molecular formula is C28H25ClF2N4O3S. The summed E-state index contributed by atoms with van der Waals surface area (Å²) in [5.41, 5.74) is 1.03. The lowest BCUT2D eigenvalue weighted by molar-refractivity contribution is 0.569. The van der Waals surface area contributed by atoms with E-state index >= 15 is 8.78 Å². The van der Waals surface area contributed by atoms with Crippen molar-refractivity contribution in [3.05, 3.63) is 92.3 Å². The van der Waals surface area contributed by atoms with Crippen LogP contribution < -0.4 is 5.56 Å². The summed E-state index contributed by atoms with van der Waals surface area (Å²) in [4.78, 5) is 17.0. The molecule has 1 aromatic carbocycles. The third-order valence-corrected chi connectivity index (χ3v) is 8.99. The molecular weight excluding hydrogens is 546 g/mol. The molecule has 0 radical (unpaired) electrons. The van der Waals surface area contributed by atoms with E-state index in [1.807, 2.05) is 16.9 Å². The smallest absolute Gasteiger partial charge is 0.274 e. The van der Waals surface area contributed by atoms with Gasteiger partial charge in [0.1, 0.15) is 15.6 Å². The van der Waals surface area contributed by atoms with Crippen molar-refractivity contribution in [2.24, 2.45) is 0 Å². The van der Waals surface area contributed by atoms with Crippen molar-refractivity contribution in [3.63, 3.8) is 0 Å². The van der Waals surface area contributed by atoms with Gasteiger partial charge in [0.25, 0.3) is 5.56 Å². The minimum atomic E-state index is -3.90. The zero-order valence-electron chi connectivity index (χ0n) is 21.5. The van der Waals surface area contributed by atoms with E-state index in [1.165, 1.54) is 22.9 Å². The predicted molar refractivity (Wildman–Crippen MR) is 143 cm³/mol. The fourth-order valence-corrected chi connectivity index (χ4v) is 6.29.